The highest BCUT2D eigenvalue weighted by Gasteiger charge is 2.19. The number of nitriles is 1. The van der Waals surface area contributed by atoms with E-state index < -0.39 is 4.92 Å². The van der Waals surface area contributed by atoms with Gasteiger partial charge in [0.15, 0.2) is 11.3 Å². The average molecular weight is 219 g/mol. The maximum Gasteiger partial charge on any atom is 0.277 e. The Kier molecular flexibility index (Phi) is 2.17. The van der Waals surface area contributed by atoms with E-state index in [9.17, 15) is 10.1 Å². The summed E-state index contributed by atoms with van der Waals surface area (Å²) < 4.78 is 9.78. The number of nitro benzene ring substituents is 1. The molecule has 0 aliphatic rings. The van der Waals surface area contributed by atoms with E-state index in [2.05, 4.69) is 5.16 Å². The molecule has 0 radical (unpaired) electrons. The molecule has 0 atom stereocenters. The number of hydrogen-bond donors (Lipinski definition) is 0. The third-order valence-electron chi connectivity index (χ3n) is 2.06. The van der Waals surface area contributed by atoms with Gasteiger partial charge in [-0.1, -0.05) is 5.16 Å². The topological polar surface area (TPSA) is 102 Å². The van der Waals surface area contributed by atoms with Crippen LogP contribution < -0.4 is 4.74 Å². The van der Waals surface area contributed by atoms with Crippen molar-refractivity contribution in [3.8, 4) is 11.8 Å². The maximum absolute atomic E-state index is 10.6. The number of benzene rings is 1. The molecule has 0 aliphatic carbocycles. The molecule has 1 aromatic carbocycles. The van der Waals surface area contributed by atoms with Crippen LogP contribution >= 0.6 is 0 Å². The van der Waals surface area contributed by atoms with E-state index in [0.29, 0.717) is 5.39 Å². The normalized spacial score (nSPS) is 10.0. The van der Waals surface area contributed by atoms with Gasteiger partial charge in [-0.2, -0.15) is 5.26 Å². The van der Waals surface area contributed by atoms with E-state index in [1.807, 2.05) is 6.07 Å². The van der Waals surface area contributed by atoms with Crippen LogP contribution in [0.1, 0.15) is 5.69 Å². The maximum atomic E-state index is 10.6. The summed E-state index contributed by atoms with van der Waals surface area (Å²) in [4.78, 5) is 10.0. The quantitative estimate of drug-likeness (QED) is 0.561. The summed E-state index contributed by atoms with van der Waals surface area (Å²) in [6.45, 7) is 0. The molecule has 0 aliphatic heterocycles. The van der Waals surface area contributed by atoms with Gasteiger partial charge in [0.1, 0.15) is 17.2 Å². The highest BCUT2D eigenvalue weighted by molar-refractivity contribution is 5.90. The molecule has 7 nitrogen and oxygen atoms in total. The summed E-state index contributed by atoms with van der Waals surface area (Å²) in [7, 11) is 1.35. The third kappa shape index (κ3) is 1.33. The second-order valence-corrected chi connectivity index (χ2v) is 2.92. The second-order valence-electron chi connectivity index (χ2n) is 2.92. The Bertz CT molecular complexity index is 611. The fraction of sp³-hybridized carbons (Fsp3) is 0.111. The first-order valence-electron chi connectivity index (χ1n) is 4.19. The smallest absolute Gasteiger partial charge is 0.277 e. The number of rotatable bonds is 2. The first-order chi connectivity index (χ1) is 7.67. The molecule has 0 fully saturated rings. The Morgan fingerprint density at radius 2 is 2.38 bits per heavy atom. The van der Waals surface area contributed by atoms with Crippen LogP contribution in [-0.4, -0.2) is 17.2 Å². The SMILES string of the molecule is COc1cc([N+](=O)[O-])cc2onc(C#N)c12. The predicted octanol–water partition coefficient (Wildman–Crippen LogP) is 1.62. The summed E-state index contributed by atoms with van der Waals surface area (Å²) in [6.07, 6.45) is 0. The lowest BCUT2D eigenvalue weighted by molar-refractivity contribution is -0.384. The molecule has 16 heavy (non-hydrogen) atoms. The van der Waals surface area contributed by atoms with Crippen LogP contribution in [0.3, 0.4) is 0 Å². The molecule has 0 saturated carbocycles. The lowest BCUT2D eigenvalue weighted by atomic mass is 10.2. The largest absolute Gasteiger partial charge is 0.496 e. The van der Waals surface area contributed by atoms with Gasteiger partial charge in [0.2, 0.25) is 0 Å². The van der Waals surface area contributed by atoms with Gasteiger partial charge >= 0.3 is 0 Å². The standard InChI is InChI=1S/C9H5N3O4/c1-15-7-2-5(12(13)14)3-8-9(7)6(4-10)11-16-8/h2-3H,1H3. The molecule has 0 amide bonds. The van der Waals surface area contributed by atoms with Crippen LogP contribution in [0.2, 0.25) is 0 Å². The Hall–Kier alpha value is -2.62. The molecule has 7 heteroatoms. The van der Waals surface area contributed by atoms with Crippen molar-refractivity contribution in [1.82, 2.24) is 5.16 Å². The van der Waals surface area contributed by atoms with E-state index in [4.69, 9.17) is 14.5 Å². The summed E-state index contributed by atoms with van der Waals surface area (Å²) >= 11 is 0. The zero-order valence-corrected chi connectivity index (χ0v) is 8.13. The number of nitrogens with zero attached hydrogens (tertiary/aromatic N) is 3. The van der Waals surface area contributed by atoms with Crippen LogP contribution in [0.4, 0.5) is 5.69 Å². The molecule has 2 rings (SSSR count). The van der Waals surface area contributed by atoms with Gasteiger partial charge in [-0.3, -0.25) is 10.1 Å². The van der Waals surface area contributed by atoms with Gasteiger partial charge in [-0.15, -0.1) is 0 Å². The lowest BCUT2D eigenvalue weighted by Gasteiger charge is -2.00. The number of hydrogen-bond acceptors (Lipinski definition) is 6. The van der Waals surface area contributed by atoms with E-state index in [1.54, 1.807) is 0 Å². The van der Waals surface area contributed by atoms with Crippen molar-refractivity contribution in [2.24, 2.45) is 0 Å². The number of non-ortho nitro benzene ring substituents is 1. The second kappa shape index (κ2) is 3.51. The van der Waals surface area contributed by atoms with E-state index in [1.165, 1.54) is 19.2 Å². The summed E-state index contributed by atoms with van der Waals surface area (Å²) in [6, 6.07) is 4.24. The molecule has 2 aromatic rings. The fourth-order valence-corrected chi connectivity index (χ4v) is 1.36. The first kappa shape index (κ1) is 9.92. The molecular formula is C9H5N3O4. The van der Waals surface area contributed by atoms with Crippen LogP contribution in [-0.2, 0) is 0 Å². The van der Waals surface area contributed by atoms with Gasteiger partial charge in [0.25, 0.3) is 5.69 Å². The molecule has 0 unspecified atom stereocenters. The van der Waals surface area contributed by atoms with Gasteiger partial charge in [0.05, 0.1) is 24.2 Å². The lowest BCUT2D eigenvalue weighted by Crippen LogP contribution is -1.91. The molecule has 0 bridgehead atoms. The molecule has 0 spiro atoms. The number of methoxy groups -OCH3 is 1. The average Bonchev–Trinajstić information content (AvgIpc) is 2.70. The molecule has 0 N–H and O–H groups in total. The third-order valence-corrected chi connectivity index (χ3v) is 2.06. The summed E-state index contributed by atoms with van der Waals surface area (Å²) in [5.41, 5.74) is 0.0225. The van der Waals surface area contributed by atoms with Crippen molar-refractivity contribution in [1.29, 1.82) is 5.26 Å². The van der Waals surface area contributed by atoms with Crippen molar-refractivity contribution in [2.45, 2.75) is 0 Å². The number of fused-ring (bicyclic) bond motifs is 1. The van der Waals surface area contributed by atoms with Gasteiger partial charge in [-0.05, 0) is 0 Å². The monoisotopic (exact) mass is 219 g/mol. The van der Waals surface area contributed by atoms with Crippen molar-refractivity contribution in [3.63, 3.8) is 0 Å². The van der Waals surface area contributed by atoms with Gasteiger partial charge < -0.3 is 9.26 Å². The number of aromatic nitrogens is 1. The number of nitro groups is 1. The minimum absolute atomic E-state index is 0.0433. The Labute approximate surface area is 89.0 Å². The fourth-order valence-electron chi connectivity index (χ4n) is 1.36. The van der Waals surface area contributed by atoms with E-state index in [-0.39, 0.29) is 22.7 Å². The minimum atomic E-state index is -0.573. The van der Waals surface area contributed by atoms with Crippen LogP contribution in [0, 0.1) is 21.4 Å². The van der Waals surface area contributed by atoms with Crippen molar-refractivity contribution < 1.29 is 14.2 Å². The van der Waals surface area contributed by atoms with Crippen LogP contribution in [0.25, 0.3) is 11.0 Å². The zero-order valence-electron chi connectivity index (χ0n) is 8.13. The number of ether oxygens (including phenoxy) is 1. The summed E-state index contributed by atoms with van der Waals surface area (Å²) in [5.74, 6) is 0.196. The first-order valence-corrected chi connectivity index (χ1v) is 4.19. The highest BCUT2D eigenvalue weighted by Crippen LogP contribution is 2.32. The Morgan fingerprint density at radius 1 is 1.62 bits per heavy atom. The Balaban J connectivity index is 2.82. The molecule has 0 saturated heterocycles. The zero-order chi connectivity index (χ0) is 11.7. The molecular weight excluding hydrogens is 214 g/mol. The Morgan fingerprint density at radius 3 is 2.94 bits per heavy atom. The minimum Gasteiger partial charge on any atom is -0.496 e. The summed E-state index contributed by atoms with van der Waals surface area (Å²) in [5, 5.41) is 23.2. The van der Waals surface area contributed by atoms with Gasteiger partial charge in [0, 0.05) is 0 Å². The molecule has 1 aromatic heterocycles. The molecule has 1 heterocycles. The van der Waals surface area contributed by atoms with Crippen LogP contribution in [0.5, 0.6) is 5.75 Å². The van der Waals surface area contributed by atoms with Crippen LogP contribution in [0.15, 0.2) is 16.7 Å². The van der Waals surface area contributed by atoms with E-state index >= 15 is 0 Å². The van der Waals surface area contributed by atoms with Gasteiger partial charge in [-0.25, -0.2) is 0 Å². The highest BCUT2D eigenvalue weighted by atomic mass is 16.6. The van der Waals surface area contributed by atoms with E-state index in [0.717, 1.165) is 0 Å². The van der Waals surface area contributed by atoms with Crippen molar-refractivity contribution in [2.75, 3.05) is 7.11 Å². The van der Waals surface area contributed by atoms with Crippen molar-refractivity contribution >= 4 is 16.7 Å². The van der Waals surface area contributed by atoms with Crippen molar-refractivity contribution in [3.05, 3.63) is 27.9 Å². The molecule has 80 valence electrons. The predicted molar refractivity (Wildman–Crippen MR) is 51.9 cm³/mol.